The van der Waals surface area contributed by atoms with Crippen LogP contribution < -0.4 is 4.74 Å². The van der Waals surface area contributed by atoms with E-state index in [-0.39, 0.29) is 23.6 Å². The van der Waals surface area contributed by atoms with Crippen molar-refractivity contribution in [2.75, 3.05) is 6.61 Å². The molecule has 0 radical (unpaired) electrons. The molecular weight excluding hydrogens is 223 g/mol. The molecule has 1 N–H and O–H groups in total. The highest BCUT2D eigenvalue weighted by Gasteiger charge is 2.54. The molecule has 4 heteroatoms. The van der Waals surface area contributed by atoms with E-state index in [1.54, 1.807) is 6.07 Å². The van der Waals surface area contributed by atoms with Crippen molar-refractivity contribution in [3.63, 3.8) is 0 Å². The molecule has 2 aliphatic rings. The van der Waals surface area contributed by atoms with Crippen molar-refractivity contribution < 1.29 is 19.0 Å². The lowest BCUT2D eigenvalue weighted by Crippen LogP contribution is -2.29. The highest BCUT2D eigenvalue weighted by molar-refractivity contribution is 5.69. The fourth-order valence-electron chi connectivity index (χ4n) is 2.73. The van der Waals surface area contributed by atoms with E-state index in [9.17, 15) is 9.18 Å². The molecule has 1 unspecified atom stereocenters. The highest BCUT2D eigenvalue weighted by Crippen LogP contribution is 2.61. The van der Waals surface area contributed by atoms with Crippen molar-refractivity contribution in [3.8, 4) is 5.75 Å². The molecule has 17 heavy (non-hydrogen) atoms. The Bertz CT molecular complexity index is 480. The molecule has 3 rings (SSSR count). The molecule has 1 aromatic carbocycles. The number of fused-ring (bicyclic) bond motifs is 1. The van der Waals surface area contributed by atoms with Gasteiger partial charge in [-0.05, 0) is 24.5 Å². The van der Waals surface area contributed by atoms with Crippen molar-refractivity contribution in [2.45, 2.75) is 25.2 Å². The summed E-state index contributed by atoms with van der Waals surface area (Å²) in [6.07, 6.45) is 2.10. The highest BCUT2D eigenvalue weighted by atomic mass is 19.1. The van der Waals surface area contributed by atoms with Crippen LogP contribution in [0, 0.1) is 11.2 Å². The zero-order valence-electron chi connectivity index (χ0n) is 9.28. The largest absolute Gasteiger partial charge is 0.493 e. The quantitative estimate of drug-likeness (QED) is 0.858. The van der Waals surface area contributed by atoms with Gasteiger partial charge in [0.2, 0.25) is 0 Å². The first-order chi connectivity index (χ1) is 8.11. The first-order valence-corrected chi connectivity index (χ1v) is 5.75. The number of carbonyl (C=O) groups is 1. The second-order valence-electron chi connectivity index (χ2n) is 4.98. The van der Waals surface area contributed by atoms with Crippen molar-refractivity contribution in [1.29, 1.82) is 0 Å². The Morgan fingerprint density at radius 1 is 1.53 bits per heavy atom. The Labute approximate surface area is 98.2 Å². The van der Waals surface area contributed by atoms with Crippen molar-refractivity contribution in [2.24, 2.45) is 5.41 Å². The van der Waals surface area contributed by atoms with E-state index in [4.69, 9.17) is 9.84 Å². The maximum atomic E-state index is 13.1. The molecule has 1 heterocycles. The standard InChI is InChI=1S/C13H13FO3/c14-8-1-2-9-10(6-12(15)16)13(3-4-13)7-17-11(9)5-8/h1-2,5,10H,3-4,6-7H2,(H,15,16). The van der Waals surface area contributed by atoms with Crippen LogP contribution in [0.25, 0.3) is 0 Å². The van der Waals surface area contributed by atoms with Gasteiger partial charge in [0.25, 0.3) is 0 Å². The molecule has 1 spiro atoms. The minimum absolute atomic E-state index is 0.0107. The van der Waals surface area contributed by atoms with Gasteiger partial charge in [0, 0.05) is 17.4 Å². The molecule has 90 valence electrons. The zero-order chi connectivity index (χ0) is 12.0. The average molecular weight is 236 g/mol. The molecule has 1 fully saturated rings. The molecule has 1 atom stereocenters. The number of carboxylic acid groups (broad SMARTS) is 1. The maximum absolute atomic E-state index is 13.1. The second-order valence-corrected chi connectivity index (χ2v) is 4.98. The molecule has 0 saturated heterocycles. The summed E-state index contributed by atoms with van der Waals surface area (Å²) in [5.74, 6) is -0.679. The van der Waals surface area contributed by atoms with Gasteiger partial charge < -0.3 is 9.84 Å². The SMILES string of the molecule is O=C(O)CC1c2ccc(F)cc2OCC12CC2. The average Bonchev–Trinajstić information content (AvgIpc) is 3.03. The summed E-state index contributed by atoms with van der Waals surface area (Å²) in [5, 5.41) is 8.99. The molecule has 3 nitrogen and oxygen atoms in total. The normalized spacial score (nSPS) is 23.9. The van der Waals surface area contributed by atoms with E-state index < -0.39 is 5.97 Å². The molecule has 1 saturated carbocycles. The summed E-state index contributed by atoms with van der Waals surface area (Å²) in [4.78, 5) is 10.9. The van der Waals surface area contributed by atoms with E-state index in [0.717, 1.165) is 18.4 Å². The zero-order valence-corrected chi connectivity index (χ0v) is 9.28. The van der Waals surface area contributed by atoms with Gasteiger partial charge in [0.1, 0.15) is 11.6 Å². The number of ether oxygens (including phenoxy) is 1. The molecule has 0 bridgehead atoms. The first-order valence-electron chi connectivity index (χ1n) is 5.75. The number of hydrogen-bond donors (Lipinski definition) is 1. The van der Waals surface area contributed by atoms with Crippen LogP contribution in [0.1, 0.15) is 30.7 Å². The second kappa shape index (κ2) is 3.45. The predicted octanol–water partition coefficient (Wildman–Crippen LogP) is 2.56. The summed E-state index contributed by atoms with van der Waals surface area (Å²) in [5.41, 5.74) is 0.834. The van der Waals surface area contributed by atoms with Crippen LogP contribution >= 0.6 is 0 Å². The fraction of sp³-hybridized carbons (Fsp3) is 0.462. The molecule has 1 aliphatic carbocycles. The van der Waals surface area contributed by atoms with Gasteiger partial charge in [-0.2, -0.15) is 0 Å². The van der Waals surface area contributed by atoms with E-state index in [2.05, 4.69) is 0 Å². The Kier molecular flexibility index (Phi) is 2.15. The molecular formula is C13H13FO3. The Hall–Kier alpha value is -1.58. The van der Waals surface area contributed by atoms with Crippen molar-refractivity contribution in [3.05, 3.63) is 29.6 Å². The number of rotatable bonds is 2. The third kappa shape index (κ3) is 1.68. The van der Waals surface area contributed by atoms with Gasteiger partial charge in [0.15, 0.2) is 0 Å². The topological polar surface area (TPSA) is 46.5 Å². The maximum Gasteiger partial charge on any atom is 0.303 e. The summed E-state index contributed by atoms with van der Waals surface area (Å²) in [7, 11) is 0. The molecule has 1 aliphatic heterocycles. The van der Waals surface area contributed by atoms with Gasteiger partial charge >= 0.3 is 5.97 Å². The van der Waals surface area contributed by atoms with Crippen LogP contribution in [0.5, 0.6) is 5.75 Å². The molecule has 1 aromatic rings. The summed E-state index contributed by atoms with van der Waals surface area (Å²) in [6, 6.07) is 4.38. The Morgan fingerprint density at radius 3 is 2.94 bits per heavy atom. The van der Waals surface area contributed by atoms with Crippen LogP contribution in [-0.4, -0.2) is 17.7 Å². The summed E-state index contributed by atoms with van der Waals surface area (Å²) >= 11 is 0. The van der Waals surface area contributed by atoms with Gasteiger partial charge in [-0.1, -0.05) is 6.07 Å². The summed E-state index contributed by atoms with van der Waals surface area (Å²) < 4.78 is 18.7. The van der Waals surface area contributed by atoms with Crippen molar-refractivity contribution in [1.82, 2.24) is 0 Å². The van der Waals surface area contributed by atoms with E-state index >= 15 is 0 Å². The van der Waals surface area contributed by atoms with E-state index in [1.165, 1.54) is 12.1 Å². The number of aliphatic carboxylic acids is 1. The van der Waals surface area contributed by atoms with Crippen molar-refractivity contribution >= 4 is 5.97 Å². The van der Waals surface area contributed by atoms with Gasteiger partial charge in [-0.15, -0.1) is 0 Å². The molecule has 0 aromatic heterocycles. The van der Waals surface area contributed by atoms with Crippen LogP contribution in [0.15, 0.2) is 18.2 Å². The minimum Gasteiger partial charge on any atom is -0.493 e. The lowest BCUT2D eigenvalue weighted by atomic mass is 9.79. The molecule has 0 amide bonds. The number of carboxylic acids is 1. The number of benzene rings is 1. The number of halogens is 1. The monoisotopic (exact) mass is 236 g/mol. The van der Waals surface area contributed by atoms with Crippen LogP contribution in [0.4, 0.5) is 4.39 Å². The van der Waals surface area contributed by atoms with E-state index in [0.29, 0.717) is 12.4 Å². The summed E-state index contributed by atoms with van der Waals surface area (Å²) in [6.45, 7) is 0.515. The Morgan fingerprint density at radius 2 is 2.29 bits per heavy atom. The Balaban J connectivity index is 2.01. The third-order valence-corrected chi connectivity index (χ3v) is 3.88. The first kappa shape index (κ1) is 10.6. The number of hydrogen-bond acceptors (Lipinski definition) is 2. The minimum atomic E-state index is -0.807. The fourth-order valence-corrected chi connectivity index (χ4v) is 2.73. The third-order valence-electron chi connectivity index (χ3n) is 3.88. The van der Waals surface area contributed by atoms with Crippen LogP contribution in [-0.2, 0) is 4.79 Å². The lowest BCUT2D eigenvalue weighted by molar-refractivity contribution is -0.138. The predicted molar refractivity (Wildman–Crippen MR) is 58.6 cm³/mol. The lowest BCUT2D eigenvalue weighted by Gasteiger charge is -2.33. The van der Waals surface area contributed by atoms with Gasteiger partial charge in [-0.3, -0.25) is 4.79 Å². The van der Waals surface area contributed by atoms with Crippen LogP contribution in [0.2, 0.25) is 0 Å². The van der Waals surface area contributed by atoms with E-state index in [1.807, 2.05) is 0 Å². The smallest absolute Gasteiger partial charge is 0.303 e. The van der Waals surface area contributed by atoms with Crippen LogP contribution in [0.3, 0.4) is 0 Å². The van der Waals surface area contributed by atoms with Gasteiger partial charge in [-0.25, -0.2) is 4.39 Å². The van der Waals surface area contributed by atoms with Gasteiger partial charge in [0.05, 0.1) is 13.0 Å².